The van der Waals surface area contributed by atoms with E-state index in [-0.39, 0.29) is 6.42 Å². The fourth-order valence-corrected chi connectivity index (χ4v) is 13.6. The van der Waals surface area contributed by atoms with E-state index in [1.807, 2.05) is 0 Å². The number of aliphatic hydroxyl groups excluding tert-OH is 7. The molecule has 0 radical (unpaired) electrons. The molecule has 8 N–H and O–H groups in total. The molecule has 1 saturated heterocycles. The number of carbonyl (C=O) groups is 1. The molecule has 0 aliphatic carbocycles. The van der Waals surface area contributed by atoms with Gasteiger partial charge >= 0.3 is 0 Å². The second-order valence-corrected chi connectivity index (χ2v) is 28.5. The number of rotatable bonds is 72. The lowest BCUT2D eigenvalue weighted by Gasteiger charge is -2.40. The maximum Gasteiger partial charge on any atom is 0.249 e. The zero-order valence-corrected chi connectivity index (χ0v) is 59.2. The molecule has 0 aromatic heterocycles. The molecule has 0 bridgehead atoms. The Kier molecular flexibility index (Phi) is 64.9. The van der Waals surface area contributed by atoms with Crippen LogP contribution in [0.1, 0.15) is 425 Å². The van der Waals surface area contributed by atoms with Crippen LogP contribution in [0.15, 0.2) is 0 Å². The zero-order valence-electron chi connectivity index (χ0n) is 59.2. The van der Waals surface area contributed by atoms with Crippen molar-refractivity contribution in [3.05, 3.63) is 0 Å². The van der Waals surface area contributed by atoms with Crippen molar-refractivity contribution in [1.82, 2.24) is 5.32 Å². The number of amides is 1. The number of hydrogen-bond acceptors (Lipinski definition) is 10. The quantitative estimate of drug-likeness (QED) is 0.0272. The highest BCUT2D eigenvalue weighted by Crippen LogP contribution is 2.25. The Bertz CT molecular complexity index is 1410. The molecule has 1 aliphatic heterocycles. The SMILES string of the molecule is CCCCCCCCCCCCCCCCCCCCCCCCCCCCCCCCCCCCC(O)C(=O)NC(COC1OC(CO)C(O)C(O)C1O)C(O)C(O)CCCCCCCCCCCCCCCCCCCCCCCCCCCCCC. The lowest BCUT2D eigenvalue weighted by molar-refractivity contribution is -0.303. The highest BCUT2D eigenvalue weighted by Gasteiger charge is 2.44. The van der Waals surface area contributed by atoms with Gasteiger partial charge in [0.2, 0.25) is 5.91 Å². The van der Waals surface area contributed by atoms with E-state index >= 15 is 0 Å². The molecule has 0 aromatic carbocycles. The van der Waals surface area contributed by atoms with Crippen molar-refractivity contribution in [2.24, 2.45) is 0 Å². The largest absolute Gasteiger partial charge is 0.394 e. The third-order valence-corrected chi connectivity index (χ3v) is 19.9. The molecule has 11 nitrogen and oxygen atoms in total. The molecule has 11 heteroatoms. The Balaban J connectivity index is 2.11. The number of ether oxygens (including phenoxy) is 2. The maximum absolute atomic E-state index is 13.3. The van der Waals surface area contributed by atoms with E-state index in [0.717, 1.165) is 38.5 Å². The van der Waals surface area contributed by atoms with Crippen LogP contribution in [0.3, 0.4) is 0 Å². The number of aliphatic hydroxyl groups is 7. The molecule has 0 saturated carbocycles. The third kappa shape index (κ3) is 54.0. The van der Waals surface area contributed by atoms with Crippen LogP contribution in [0.5, 0.6) is 0 Å². The minimum atomic E-state index is -1.66. The first-order valence-electron chi connectivity index (χ1n) is 39.9. The maximum atomic E-state index is 13.3. The van der Waals surface area contributed by atoms with Gasteiger partial charge in [0.05, 0.1) is 25.4 Å². The van der Waals surface area contributed by atoms with Crippen LogP contribution in [0.25, 0.3) is 0 Å². The minimum absolute atomic E-state index is 0.268. The Hall–Kier alpha value is -0.890. The molecule has 0 spiro atoms. The van der Waals surface area contributed by atoms with Crippen molar-refractivity contribution in [1.29, 1.82) is 0 Å². The Morgan fingerprint density at radius 2 is 0.584 bits per heavy atom. The molecule has 1 rings (SSSR count). The van der Waals surface area contributed by atoms with Gasteiger partial charge in [-0.05, 0) is 12.8 Å². The third-order valence-electron chi connectivity index (χ3n) is 19.9. The van der Waals surface area contributed by atoms with Gasteiger partial charge in [-0.2, -0.15) is 0 Å². The second kappa shape index (κ2) is 67.1. The average molecular weight is 1270 g/mol. The topological polar surface area (TPSA) is 189 Å². The summed E-state index contributed by atoms with van der Waals surface area (Å²) >= 11 is 0. The summed E-state index contributed by atoms with van der Waals surface area (Å²) in [5.74, 6) is -0.685. The summed E-state index contributed by atoms with van der Waals surface area (Å²) in [6.07, 6.45) is 72.2. The molecule has 9 unspecified atom stereocenters. The Morgan fingerprint density at radius 1 is 0.348 bits per heavy atom. The van der Waals surface area contributed by atoms with Gasteiger partial charge < -0.3 is 50.5 Å². The summed E-state index contributed by atoms with van der Waals surface area (Å²) < 4.78 is 11.2. The summed E-state index contributed by atoms with van der Waals surface area (Å²) in [4.78, 5) is 13.3. The van der Waals surface area contributed by atoms with Gasteiger partial charge in [-0.1, -0.05) is 412 Å². The van der Waals surface area contributed by atoms with E-state index < -0.39 is 74.2 Å². The van der Waals surface area contributed by atoms with E-state index in [9.17, 15) is 40.5 Å². The molecule has 1 amide bonds. The molecular weight excluding hydrogens is 1110 g/mol. The lowest BCUT2D eigenvalue weighted by atomic mass is 9.98. The summed E-state index contributed by atoms with van der Waals surface area (Å²) in [6, 6.07) is -1.17. The normalized spacial score (nSPS) is 18.4. The molecule has 89 heavy (non-hydrogen) atoms. The number of unbranched alkanes of at least 4 members (excludes halogenated alkanes) is 60. The molecular formula is C78H155NO10. The van der Waals surface area contributed by atoms with Crippen LogP contribution in [-0.2, 0) is 14.3 Å². The molecule has 532 valence electrons. The van der Waals surface area contributed by atoms with E-state index in [1.165, 1.54) is 347 Å². The Morgan fingerprint density at radius 3 is 0.831 bits per heavy atom. The first kappa shape index (κ1) is 86.1. The van der Waals surface area contributed by atoms with Gasteiger partial charge in [0.15, 0.2) is 6.29 Å². The van der Waals surface area contributed by atoms with Gasteiger partial charge in [0.25, 0.3) is 0 Å². The highest BCUT2D eigenvalue weighted by atomic mass is 16.7. The fraction of sp³-hybridized carbons (Fsp3) is 0.987. The van der Waals surface area contributed by atoms with E-state index in [0.29, 0.717) is 19.3 Å². The first-order valence-corrected chi connectivity index (χ1v) is 39.9. The highest BCUT2D eigenvalue weighted by molar-refractivity contribution is 5.80. The van der Waals surface area contributed by atoms with Crippen molar-refractivity contribution in [2.45, 2.75) is 480 Å². The molecule has 1 heterocycles. The van der Waals surface area contributed by atoms with Crippen molar-refractivity contribution >= 4 is 5.91 Å². The minimum Gasteiger partial charge on any atom is -0.394 e. The van der Waals surface area contributed by atoms with Crippen LogP contribution in [0, 0.1) is 0 Å². The average Bonchev–Trinajstić information content (AvgIpc) is 1.72. The smallest absolute Gasteiger partial charge is 0.249 e. The second-order valence-electron chi connectivity index (χ2n) is 28.5. The van der Waals surface area contributed by atoms with Crippen LogP contribution in [0.2, 0.25) is 0 Å². The summed E-state index contributed by atoms with van der Waals surface area (Å²) in [5, 5.41) is 76.8. The van der Waals surface area contributed by atoms with E-state index in [2.05, 4.69) is 19.2 Å². The zero-order chi connectivity index (χ0) is 64.6. The molecule has 0 aromatic rings. The summed E-state index contributed by atoms with van der Waals surface area (Å²) in [5.41, 5.74) is 0. The predicted octanol–water partition coefficient (Wildman–Crippen LogP) is 20.4. The van der Waals surface area contributed by atoms with Crippen molar-refractivity contribution < 1.29 is 50.0 Å². The number of hydrogen-bond donors (Lipinski definition) is 8. The standard InChI is InChI=1S/C78H155NO10/c1-3-5-7-9-11-13-15-17-19-21-23-25-27-29-31-33-34-35-36-37-38-40-42-44-46-48-50-52-54-56-58-60-62-64-66-71(82)77(87)79-69(68-88-78-76(86)75(85)74(84)72(67-80)89-78)73(83)70(81)65-63-61-59-57-55-53-51-49-47-45-43-41-39-32-30-28-26-24-22-20-18-16-14-12-10-8-6-4-2/h69-76,78,80-86H,3-68H2,1-2H3,(H,79,87). The van der Waals surface area contributed by atoms with Gasteiger partial charge in [0.1, 0.15) is 36.6 Å². The molecule has 1 aliphatic rings. The first-order chi connectivity index (χ1) is 43.7. The van der Waals surface area contributed by atoms with E-state index in [4.69, 9.17) is 9.47 Å². The predicted molar refractivity (Wildman–Crippen MR) is 377 cm³/mol. The summed E-state index contributed by atoms with van der Waals surface area (Å²) in [6.45, 7) is 3.54. The number of carbonyl (C=O) groups excluding carboxylic acids is 1. The molecule has 1 fully saturated rings. The van der Waals surface area contributed by atoms with Gasteiger partial charge in [-0.3, -0.25) is 4.79 Å². The van der Waals surface area contributed by atoms with Gasteiger partial charge in [0, 0.05) is 0 Å². The lowest BCUT2D eigenvalue weighted by Crippen LogP contribution is -2.60. The van der Waals surface area contributed by atoms with Crippen molar-refractivity contribution in [3.8, 4) is 0 Å². The van der Waals surface area contributed by atoms with Gasteiger partial charge in [-0.25, -0.2) is 0 Å². The monoisotopic (exact) mass is 1270 g/mol. The van der Waals surface area contributed by atoms with E-state index in [1.54, 1.807) is 0 Å². The molecule has 9 atom stereocenters. The van der Waals surface area contributed by atoms with Crippen LogP contribution < -0.4 is 5.32 Å². The van der Waals surface area contributed by atoms with Crippen LogP contribution in [0.4, 0.5) is 0 Å². The van der Waals surface area contributed by atoms with Gasteiger partial charge in [-0.15, -0.1) is 0 Å². The van der Waals surface area contributed by atoms with Crippen LogP contribution in [-0.4, -0.2) is 110 Å². The summed E-state index contributed by atoms with van der Waals surface area (Å²) in [7, 11) is 0. The van der Waals surface area contributed by atoms with Crippen molar-refractivity contribution in [3.63, 3.8) is 0 Å². The fourth-order valence-electron chi connectivity index (χ4n) is 13.6. The van der Waals surface area contributed by atoms with Crippen LogP contribution >= 0.6 is 0 Å². The number of nitrogens with one attached hydrogen (secondary N) is 1. The van der Waals surface area contributed by atoms with Crippen molar-refractivity contribution in [2.75, 3.05) is 13.2 Å². The Labute approximate surface area is 551 Å².